The van der Waals surface area contributed by atoms with Gasteiger partial charge in [-0.1, -0.05) is 0 Å². The Hall–Kier alpha value is -1.19. The molecule has 0 aromatic carbocycles. The third kappa shape index (κ3) is 4.24. The lowest BCUT2D eigenvalue weighted by atomic mass is 10.0. The number of rotatable bonds is 6. The van der Waals surface area contributed by atoms with Gasteiger partial charge < -0.3 is 14.6 Å². The van der Waals surface area contributed by atoms with Gasteiger partial charge >= 0.3 is 17.9 Å². The summed E-state index contributed by atoms with van der Waals surface area (Å²) < 4.78 is 9.47. The van der Waals surface area contributed by atoms with E-state index in [4.69, 9.17) is 9.84 Å². The summed E-state index contributed by atoms with van der Waals surface area (Å²) in [5.41, 5.74) is 0.491. The lowest BCUT2D eigenvalue weighted by Gasteiger charge is -2.20. The van der Waals surface area contributed by atoms with Crippen LogP contribution in [0.25, 0.3) is 0 Å². The SMILES string of the molecule is CC(=O)OC[C@@H](C(=O)O)[C@@H](OC(C)=O)C1=NC1I. The summed E-state index contributed by atoms with van der Waals surface area (Å²) >= 11 is 1.98. The molecule has 1 aliphatic rings. The number of aliphatic imine (C=N–C) groups is 1. The van der Waals surface area contributed by atoms with E-state index in [1.807, 2.05) is 22.6 Å². The number of carboxylic acid groups (broad SMARTS) is 1. The molecule has 8 heteroatoms. The first kappa shape index (κ1) is 14.9. The highest BCUT2D eigenvalue weighted by Crippen LogP contribution is 2.28. The average Bonchev–Trinajstić information content (AvgIpc) is 2.92. The summed E-state index contributed by atoms with van der Waals surface area (Å²) in [6.45, 7) is 2.00. The van der Waals surface area contributed by atoms with Crippen LogP contribution in [0.2, 0.25) is 0 Å². The third-order valence-electron chi connectivity index (χ3n) is 2.17. The molecule has 0 saturated heterocycles. The molecule has 18 heavy (non-hydrogen) atoms. The zero-order valence-corrected chi connectivity index (χ0v) is 11.9. The van der Waals surface area contributed by atoms with Gasteiger partial charge in [-0.25, -0.2) is 0 Å². The maximum Gasteiger partial charge on any atom is 0.314 e. The highest BCUT2D eigenvalue weighted by atomic mass is 127. The van der Waals surface area contributed by atoms with Crippen molar-refractivity contribution >= 4 is 46.2 Å². The van der Waals surface area contributed by atoms with E-state index in [-0.39, 0.29) is 10.7 Å². The molecule has 3 atom stereocenters. The van der Waals surface area contributed by atoms with E-state index in [2.05, 4.69) is 9.73 Å². The second-order valence-corrected chi connectivity index (χ2v) is 4.85. The Morgan fingerprint density at radius 1 is 1.39 bits per heavy atom. The fourth-order valence-electron chi connectivity index (χ4n) is 1.33. The standard InChI is InChI=1S/C10H12INO6/c1-4(13)17-3-6(10(15)16)8(18-5(2)14)7-9(11)12-7/h6,8-9H,3H2,1-2H3,(H,15,16)/t6-,8-,9?/m1/s1. The molecule has 1 aliphatic heterocycles. The molecular formula is C10H12INO6. The van der Waals surface area contributed by atoms with Crippen molar-refractivity contribution in [3.63, 3.8) is 0 Å². The highest BCUT2D eigenvalue weighted by molar-refractivity contribution is 14.1. The average molecular weight is 369 g/mol. The second kappa shape index (κ2) is 6.12. The summed E-state index contributed by atoms with van der Waals surface area (Å²) in [6.07, 6.45) is -0.985. The molecule has 7 nitrogen and oxygen atoms in total. The van der Waals surface area contributed by atoms with Gasteiger partial charge in [0.2, 0.25) is 0 Å². The largest absolute Gasteiger partial charge is 0.481 e. The molecule has 0 aromatic heterocycles. The number of alkyl halides is 1. The van der Waals surface area contributed by atoms with Crippen LogP contribution in [-0.4, -0.2) is 45.5 Å². The maximum absolute atomic E-state index is 11.1. The van der Waals surface area contributed by atoms with Gasteiger partial charge in [0.05, 0.1) is 5.71 Å². The predicted molar refractivity (Wildman–Crippen MR) is 68.6 cm³/mol. The van der Waals surface area contributed by atoms with Gasteiger partial charge in [0.1, 0.15) is 16.6 Å². The van der Waals surface area contributed by atoms with Crippen LogP contribution in [0.5, 0.6) is 0 Å². The molecule has 1 N–H and O–H groups in total. The lowest BCUT2D eigenvalue weighted by molar-refractivity contribution is -0.157. The molecule has 0 spiro atoms. The van der Waals surface area contributed by atoms with Crippen LogP contribution in [0.3, 0.4) is 0 Å². The molecule has 1 rings (SSSR count). The first-order valence-electron chi connectivity index (χ1n) is 5.08. The van der Waals surface area contributed by atoms with Gasteiger partial charge in [-0.15, -0.1) is 0 Å². The van der Waals surface area contributed by atoms with Crippen LogP contribution in [0.15, 0.2) is 4.99 Å². The fraction of sp³-hybridized carbons (Fsp3) is 0.600. The summed E-state index contributed by atoms with van der Waals surface area (Å²) in [5.74, 6) is -3.55. The van der Waals surface area contributed by atoms with Crippen molar-refractivity contribution in [2.75, 3.05) is 6.61 Å². The minimum absolute atomic E-state index is 0.161. The number of halogens is 1. The molecule has 1 heterocycles. The number of nitrogens with zero attached hydrogens (tertiary/aromatic N) is 1. The molecule has 0 bridgehead atoms. The Labute approximate surface area is 117 Å². The van der Waals surface area contributed by atoms with Gasteiger partial charge in [0.25, 0.3) is 0 Å². The van der Waals surface area contributed by atoms with E-state index >= 15 is 0 Å². The Morgan fingerprint density at radius 3 is 2.28 bits per heavy atom. The Morgan fingerprint density at radius 2 is 1.94 bits per heavy atom. The summed E-state index contributed by atoms with van der Waals surface area (Å²) in [4.78, 5) is 36.8. The zero-order chi connectivity index (χ0) is 13.9. The summed E-state index contributed by atoms with van der Waals surface area (Å²) in [5, 5.41) is 9.09. The first-order chi connectivity index (χ1) is 8.32. The Kier molecular flexibility index (Phi) is 5.05. The van der Waals surface area contributed by atoms with Crippen LogP contribution in [-0.2, 0) is 23.9 Å². The first-order valence-corrected chi connectivity index (χ1v) is 6.32. The van der Waals surface area contributed by atoms with Crippen molar-refractivity contribution in [1.29, 1.82) is 0 Å². The van der Waals surface area contributed by atoms with Crippen molar-refractivity contribution in [2.24, 2.45) is 10.9 Å². The Bertz CT molecular complexity index is 407. The molecular weight excluding hydrogens is 357 g/mol. The summed E-state index contributed by atoms with van der Waals surface area (Å²) in [6, 6.07) is 0. The molecule has 0 radical (unpaired) electrons. The van der Waals surface area contributed by atoms with Crippen LogP contribution < -0.4 is 0 Å². The third-order valence-corrected chi connectivity index (χ3v) is 3.09. The van der Waals surface area contributed by atoms with Crippen molar-refractivity contribution < 1.29 is 29.0 Å². The minimum atomic E-state index is -1.21. The van der Waals surface area contributed by atoms with Crippen molar-refractivity contribution in [3.05, 3.63) is 0 Å². The van der Waals surface area contributed by atoms with Crippen molar-refractivity contribution in [1.82, 2.24) is 0 Å². The minimum Gasteiger partial charge on any atom is -0.481 e. The quantitative estimate of drug-likeness (QED) is 0.315. The number of carboxylic acids is 1. The number of hydrogen-bond acceptors (Lipinski definition) is 6. The van der Waals surface area contributed by atoms with Gasteiger partial charge in [0.15, 0.2) is 6.10 Å². The monoisotopic (exact) mass is 369 g/mol. The number of ether oxygens (including phenoxy) is 2. The number of esters is 2. The molecule has 0 aromatic rings. The predicted octanol–water partition coefficient (Wildman–Crippen LogP) is 0.398. The van der Waals surface area contributed by atoms with Gasteiger partial charge in [-0.05, 0) is 22.6 Å². The Balaban J connectivity index is 2.77. The van der Waals surface area contributed by atoms with E-state index in [1.54, 1.807) is 0 Å². The fourth-order valence-corrected chi connectivity index (χ4v) is 2.00. The molecule has 0 amide bonds. The topological polar surface area (TPSA) is 102 Å². The zero-order valence-electron chi connectivity index (χ0n) is 9.75. The van der Waals surface area contributed by atoms with Crippen LogP contribution >= 0.6 is 22.6 Å². The van der Waals surface area contributed by atoms with E-state index < -0.39 is 29.9 Å². The smallest absolute Gasteiger partial charge is 0.314 e. The molecule has 0 saturated carbocycles. The number of hydrogen-bond donors (Lipinski definition) is 1. The highest BCUT2D eigenvalue weighted by Gasteiger charge is 2.43. The number of aliphatic carboxylic acids is 1. The molecule has 0 fully saturated rings. The van der Waals surface area contributed by atoms with Gasteiger partial charge in [0, 0.05) is 13.8 Å². The van der Waals surface area contributed by atoms with E-state index in [1.165, 1.54) is 13.8 Å². The lowest BCUT2D eigenvalue weighted by Crippen LogP contribution is -2.39. The number of carbonyl (C=O) groups is 3. The van der Waals surface area contributed by atoms with Gasteiger partial charge in [-0.3, -0.25) is 19.4 Å². The van der Waals surface area contributed by atoms with E-state index in [9.17, 15) is 14.4 Å². The van der Waals surface area contributed by atoms with Crippen LogP contribution in [0, 0.1) is 5.92 Å². The van der Waals surface area contributed by atoms with Crippen molar-refractivity contribution in [2.45, 2.75) is 24.0 Å². The van der Waals surface area contributed by atoms with Crippen LogP contribution in [0.4, 0.5) is 0 Å². The van der Waals surface area contributed by atoms with E-state index in [0.29, 0.717) is 5.71 Å². The summed E-state index contributed by atoms with van der Waals surface area (Å²) in [7, 11) is 0. The maximum atomic E-state index is 11.1. The van der Waals surface area contributed by atoms with E-state index in [0.717, 1.165) is 0 Å². The number of carbonyl (C=O) groups excluding carboxylic acids is 2. The second-order valence-electron chi connectivity index (χ2n) is 3.67. The normalized spacial score (nSPS) is 20.4. The van der Waals surface area contributed by atoms with Crippen LogP contribution in [0.1, 0.15) is 13.8 Å². The molecule has 0 aliphatic carbocycles. The molecule has 1 unspecified atom stereocenters. The van der Waals surface area contributed by atoms with Crippen molar-refractivity contribution in [3.8, 4) is 0 Å². The van der Waals surface area contributed by atoms with Gasteiger partial charge in [-0.2, -0.15) is 0 Å². The molecule has 100 valence electrons.